The van der Waals surface area contributed by atoms with Gasteiger partial charge in [0.2, 0.25) is 10.0 Å². The van der Waals surface area contributed by atoms with Gasteiger partial charge in [-0.25, -0.2) is 8.42 Å². The van der Waals surface area contributed by atoms with Crippen molar-refractivity contribution in [2.24, 2.45) is 5.73 Å². The van der Waals surface area contributed by atoms with Crippen molar-refractivity contribution in [2.75, 3.05) is 20.3 Å². The van der Waals surface area contributed by atoms with Crippen LogP contribution in [0.1, 0.15) is 23.3 Å². The monoisotopic (exact) mass is 415 g/mol. The maximum absolute atomic E-state index is 13.2. The van der Waals surface area contributed by atoms with Crippen molar-refractivity contribution in [3.8, 4) is 0 Å². The number of hydrogen-bond acceptors (Lipinski definition) is 4. The molecule has 2 heterocycles. The molecule has 0 aliphatic carbocycles. The van der Waals surface area contributed by atoms with Crippen LogP contribution in [0, 0.1) is 0 Å². The number of hydrogen-bond donors (Lipinski definition) is 2. The van der Waals surface area contributed by atoms with E-state index < -0.39 is 15.9 Å². The maximum atomic E-state index is 13.2. The van der Waals surface area contributed by atoms with E-state index >= 15 is 0 Å². The average molecular weight is 416 g/mol. The minimum absolute atomic E-state index is 0.0692. The lowest BCUT2D eigenvalue weighted by Crippen LogP contribution is -2.41. The third-order valence-electron chi connectivity index (χ3n) is 4.30. The van der Waals surface area contributed by atoms with E-state index in [0.29, 0.717) is 37.0 Å². The zero-order valence-electron chi connectivity index (χ0n) is 13.1. The number of nitrogens with two attached hydrogens (primary N) is 1. The smallest absolute Gasteiger partial charge is 0.266 e. The lowest BCUT2D eigenvalue weighted by Gasteiger charge is -2.30. The molecule has 1 aromatic carbocycles. The first-order valence-electron chi connectivity index (χ1n) is 7.49. The number of sulfonamides is 1. The van der Waals surface area contributed by atoms with Gasteiger partial charge in [0.1, 0.15) is 10.6 Å². The van der Waals surface area contributed by atoms with E-state index in [2.05, 4.69) is 20.9 Å². The zero-order chi connectivity index (χ0) is 17.5. The SMILES string of the molecule is CN(C1CCOCC1)S(=O)(=O)c1c(C(N)=O)[nH]c2ccc(Br)cc12. The first-order valence-corrected chi connectivity index (χ1v) is 9.72. The molecule has 0 atom stereocenters. The topological polar surface area (TPSA) is 105 Å². The van der Waals surface area contributed by atoms with Crippen molar-refractivity contribution in [3.05, 3.63) is 28.4 Å². The normalized spacial score (nSPS) is 16.8. The number of aromatic nitrogens is 1. The highest BCUT2D eigenvalue weighted by atomic mass is 79.9. The Labute approximate surface area is 148 Å². The Hall–Kier alpha value is -1.42. The molecule has 0 radical (unpaired) electrons. The number of primary amides is 1. The molecule has 1 fully saturated rings. The standard InChI is InChI=1S/C15H18BrN3O4S/c1-19(10-4-6-23-7-5-10)24(21,22)14-11-8-9(16)2-3-12(11)18-13(14)15(17)20/h2-3,8,10,18H,4-7H2,1H3,(H2,17,20). The van der Waals surface area contributed by atoms with Gasteiger partial charge >= 0.3 is 0 Å². The Morgan fingerprint density at radius 1 is 1.38 bits per heavy atom. The van der Waals surface area contributed by atoms with E-state index in [-0.39, 0.29) is 16.6 Å². The summed E-state index contributed by atoms with van der Waals surface area (Å²) >= 11 is 3.34. The summed E-state index contributed by atoms with van der Waals surface area (Å²) in [7, 11) is -2.35. The second-order valence-electron chi connectivity index (χ2n) is 5.75. The van der Waals surface area contributed by atoms with Gasteiger partial charge in [0.15, 0.2) is 0 Å². The van der Waals surface area contributed by atoms with Crippen molar-refractivity contribution in [3.63, 3.8) is 0 Å². The Morgan fingerprint density at radius 2 is 2.04 bits per heavy atom. The van der Waals surface area contributed by atoms with Crippen LogP contribution in [0.15, 0.2) is 27.6 Å². The molecule has 0 saturated carbocycles. The van der Waals surface area contributed by atoms with Crippen LogP contribution in [0.2, 0.25) is 0 Å². The van der Waals surface area contributed by atoms with Gasteiger partial charge < -0.3 is 15.5 Å². The second kappa shape index (κ2) is 6.47. The molecule has 7 nitrogen and oxygen atoms in total. The van der Waals surface area contributed by atoms with Gasteiger partial charge in [0.05, 0.1) is 0 Å². The van der Waals surface area contributed by atoms with Crippen LogP contribution < -0.4 is 5.73 Å². The number of benzene rings is 1. The summed E-state index contributed by atoms with van der Waals surface area (Å²) in [5.41, 5.74) is 5.86. The molecular formula is C15H18BrN3O4S. The van der Waals surface area contributed by atoms with Crippen molar-refractivity contribution >= 4 is 42.8 Å². The van der Waals surface area contributed by atoms with Crippen molar-refractivity contribution in [2.45, 2.75) is 23.8 Å². The Bertz CT molecular complexity index is 888. The van der Waals surface area contributed by atoms with Crippen LogP contribution in [0.25, 0.3) is 10.9 Å². The summed E-state index contributed by atoms with van der Waals surface area (Å²) < 4.78 is 33.7. The number of ether oxygens (including phenoxy) is 1. The molecule has 0 bridgehead atoms. The van der Waals surface area contributed by atoms with Crippen LogP contribution in [0.4, 0.5) is 0 Å². The van der Waals surface area contributed by atoms with Gasteiger partial charge in [-0.15, -0.1) is 0 Å². The van der Waals surface area contributed by atoms with E-state index in [4.69, 9.17) is 10.5 Å². The largest absolute Gasteiger partial charge is 0.381 e. The van der Waals surface area contributed by atoms with Crippen molar-refractivity contribution in [1.29, 1.82) is 0 Å². The number of amides is 1. The number of carbonyl (C=O) groups is 1. The van der Waals surface area contributed by atoms with E-state index in [0.717, 1.165) is 4.47 Å². The molecule has 1 aliphatic heterocycles. The molecule has 0 spiro atoms. The first kappa shape index (κ1) is 17.4. The summed E-state index contributed by atoms with van der Waals surface area (Å²) in [5, 5.41) is 0.442. The van der Waals surface area contributed by atoms with Gasteiger partial charge in [-0.3, -0.25) is 4.79 Å². The molecular weight excluding hydrogens is 398 g/mol. The Kier molecular flexibility index (Phi) is 4.69. The van der Waals surface area contributed by atoms with Gasteiger partial charge in [-0.1, -0.05) is 15.9 Å². The summed E-state index contributed by atoms with van der Waals surface area (Å²) in [6.07, 6.45) is 1.24. The van der Waals surface area contributed by atoms with Crippen LogP contribution in [-0.2, 0) is 14.8 Å². The van der Waals surface area contributed by atoms with Crippen LogP contribution >= 0.6 is 15.9 Å². The minimum Gasteiger partial charge on any atom is -0.381 e. The highest BCUT2D eigenvalue weighted by Crippen LogP contribution is 2.32. The van der Waals surface area contributed by atoms with Crippen LogP contribution in [-0.4, -0.2) is 49.9 Å². The Morgan fingerprint density at radius 3 is 2.67 bits per heavy atom. The fourth-order valence-corrected chi connectivity index (χ4v) is 5.08. The van der Waals surface area contributed by atoms with Crippen molar-refractivity contribution < 1.29 is 17.9 Å². The molecule has 1 aromatic heterocycles. The number of aromatic amines is 1. The van der Waals surface area contributed by atoms with Crippen LogP contribution in [0.3, 0.4) is 0 Å². The highest BCUT2D eigenvalue weighted by molar-refractivity contribution is 9.10. The average Bonchev–Trinajstić information content (AvgIpc) is 2.94. The summed E-state index contributed by atoms with van der Waals surface area (Å²) in [5.74, 6) is -0.804. The fourth-order valence-electron chi connectivity index (χ4n) is 2.97. The van der Waals surface area contributed by atoms with Gasteiger partial charge in [-0.05, 0) is 31.0 Å². The number of fused-ring (bicyclic) bond motifs is 1. The predicted molar refractivity (Wildman–Crippen MR) is 93.3 cm³/mol. The fraction of sp³-hybridized carbons (Fsp3) is 0.400. The van der Waals surface area contributed by atoms with Crippen molar-refractivity contribution in [1.82, 2.24) is 9.29 Å². The predicted octanol–water partition coefficient (Wildman–Crippen LogP) is 1.83. The molecule has 24 heavy (non-hydrogen) atoms. The van der Waals surface area contributed by atoms with E-state index in [1.54, 1.807) is 18.2 Å². The molecule has 1 amide bonds. The number of H-pyrrole nitrogens is 1. The third-order valence-corrected chi connectivity index (χ3v) is 6.79. The molecule has 1 aliphatic rings. The number of halogens is 1. The van der Waals surface area contributed by atoms with Gasteiger partial charge in [-0.2, -0.15) is 4.31 Å². The molecule has 2 aromatic rings. The minimum atomic E-state index is -3.89. The van der Waals surface area contributed by atoms with E-state index in [9.17, 15) is 13.2 Å². The second-order valence-corrected chi connectivity index (χ2v) is 8.60. The third kappa shape index (κ3) is 2.97. The van der Waals surface area contributed by atoms with E-state index in [1.807, 2.05) is 0 Å². The number of nitrogens with one attached hydrogen (secondary N) is 1. The Balaban J connectivity index is 2.17. The van der Waals surface area contributed by atoms with Gasteiger partial charge in [0.25, 0.3) is 5.91 Å². The maximum Gasteiger partial charge on any atom is 0.266 e. The molecule has 130 valence electrons. The zero-order valence-corrected chi connectivity index (χ0v) is 15.5. The van der Waals surface area contributed by atoms with E-state index in [1.165, 1.54) is 11.4 Å². The number of nitrogens with zero attached hydrogens (tertiary/aromatic N) is 1. The quantitative estimate of drug-likeness (QED) is 0.793. The van der Waals surface area contributed by atoms with Gasteiger partial charge in [0, 0.05) is 41.7 Å². The number of rotatable bonds is 4. The molecule has 0 unspecified atom stereocenters. The summed E-state index contributed by atoms with van der Waals surface area (Å²) in [6, 6.07) is 4.98. The lowest BCUT2D eigenvalue weighted by atomic mass is 10.1. The molecule has 9 heteroatoms. The number of carbonyl (C=O) groups excluding carboxylic acids is 1. The molecule has 1 saturated heterocycles. The molecule has 3 N–H and O–H groups in total. The highest BCUT2D eigenvalue weighted by Gasteiger charge is 2.34. The first-order chi connectivity index (χ1) is 11.3. The summed E-state index contributed by atoms with van der Waals surface area (Å²) in [4.78, 5) is 14.6. The molecule has 3 rings (SSSR count). The summed E-state index contributed by atoms with van der Waals surface area (Å²) in [6.45, 7) is 1.04. The lowest BCUT2D eigenvalue weighted by molar-refractivity contribution is 0.0632. The van der Waals surface area contributed by atoms with Crippen LogP contribution in [0.5, 0.6) is 0 Å².